The molecule has 160 valence electrons. The van der Waals surface area contributed by atoms with E-state index < -0.39 is 0 Å². The molecule has 2 aromatic heterocycles. The van der Waals surface area contributed by atoms with Crippen LogP contribution in [-0.4, -0.2) is 34.2 Å². The summed E-state index contributed by atoms with van der Waals surface area (Å²) in [5.41, 5.74) is 4.20. The maximum absolute atomic E-state index is 13.3. The number of aryl methyl sites for hydroxylation is 3. The van der Waals surface area contributed by atoms with Gasteiger partial charge >= 0.3 is 0 Å². The van der Waals surface area contributed by atoms with Gasteiger partial charge in [-0.05, 0) is 57.0 Å². The summed E-state index contributed by atoms with van der Waals surface area (Å²) < 4.78 is 8.18. The first-order valence-corrected chi connectivity index (χ1v) is 10.5. The molecule has 0 saturated carbocycles. The van der Waals surface area contributed by atoms with E-state index in [1.54, 1.807) is 13.2 Å². The molecule has 7 nitrogen and oxygen atoms in total. The molecule has 1 amide bonds. The van der Waals surface area contributed by atoms with E-state index in [1.165, 1.54) is 0 Å². The van der Waals surface area contributed by atoms with Crippen LogP contribution in [0.15, 0.2) is 33.7 Å². The number of aromatic amines is 1. The molecule has 3 N–H and O–H groups in total. The van der Waals surface area contributed by atoms with Gasteiger partial charge in [-0.3, -0.25) is 14.6 Å². The first-order valence-electron chi connectivity index (χ1n) is 9.69. The van der Waals surface area contributed by atoms with Gasteiger partial charge in [0.25, 0.3) is 11.5 Å². The number of H-pyrrole nitrogens is 1. The monoisotopic (exact) mass is 474 g/mol. The Morgan fingerprint density at radius 1 is 1.27 bits per heavy atom. The summed E-state index contributed by atoms with van der Waals surface area (Å²) >= 11 is 3.52. The van der Waals surface area contributed by atoms with E-state index in [1.807, 2.05) is 39.1 Å². The number of ether oxygens (including phenoxy) is 1. The normalized spacial score (nSPS) is 12.4. The number of pyridine rings is 1. The van der Waals surface area contributed by atoms with Gasteiger partial charge < -0.3 is 14.3 Å². The molecular weight excluding hydrogens is 448 g/mol. The van der Waals surface area contributed by atoms with Crippen molar-refractivity contribution in [2.45, 2.75) is 40.3 Å². The average Bonchev–Trinajstić information content (AvgIpc) is 3.00. The number of amides is 1. The predicted octanol–water partition coefficient (Wildman–Crippen LogP) is 3.74. The number of hydrogen-bond acceptors (Lipinski definition) is 4. The van der Waals surface area contributed by atoms with E-state index in [4.69, 9.17) is 10.6 Å². The Morgan fingerprint density at radius 3 is 2.60 bits per heavy atom. The highest BCUT2D eigenvalue weighted by atomic mass is 79.9. The second-order valence-electron chi connectivity index (χ2n) is 7.75. The molecule has 0 unspecified atom stereocenters. The number of nitrogens with two attached hydrogens (primary N) is 1. The van der Waals surface area contributed by atoms with Crippen LogP contribution >= 0.6 is 15.9 Å². The average molecular weight is 475 g/mol. The summed E-state index contributed by atoms with van der Waals surface area (Å²) in [6.07, 6.45) is 2.02. The summed E-state index contributed by atoms with van der Waals surface area (Å²) in [6.45, 7) is 8.27. The van der Waals surface area contributed by atoms with Crippen molar-refractivity contribution in [3.63, 3.8) is 0 Å². The lowest BCUT2D eigenvalue weighted by Gasteiger charge is -2.19. The van der Waals surface area contributed by atoms with Crippen molar-refractivity contribution in [2.24, 2.45) is 5.84 Å². The van der Waals surface area contributed by atoms with Crippen molar-refractivity contribution >= 4 is 32.7 Å². The zero-order valence-electron chi connectivity index (χ0n) is 17.9. The highest BCUT2D eigenvalue weighted by Crippen LogP contribution is 2.31. The standard InChI is InChI=1S/C22H27BrN4O3/c1-12-6-14(3)25-21(28)18(12)10-27(24)22(29)17-7-16(23)8-19-20(17)13(2)9-26(19)15(4)11-30-5/h6-9,15H,10-11,24H2,1-5H3,(H,25,28)/t15-/m1/s1. The highest BCUT2D eigenvalue weighted by molar-refractivity contribution is 9.10. The van der Waals surface area contributed by atoms with Crippen LogP contribution in [0.25, 0.3) is 10.9 Å². The number of methoxy groups -OCH3 is 1. The van der Waals surface area contributed by atoms with Crippen LogP contribution in [0.2, 0.25) is 0 Å². The molecule has 0 fully saturated rings. The molecule has 2 heterocycles. The minimum absolute atomic E-state index is 0.0219. The van der Waals surface area contributed by atoms with Gasteiger partial charge in [-0.25, -0.2) is 5.84 Å². The predicted molar refractivity (Wildman–Crippen MR) is 122 cm³/mol. The molecule has 0 aliphatic carbocycles. The van der Waals surface area contributed by atoms with Crippen LogP contribution in [0.5, 0.6) is 0 Å². The van der Waals surface area contributed by atoms with E-state index in [0.29, 0.717) is 17.7 Å². The maximum Gasteiger partial charge on any atom is 0.268 e. The van der Waals surface area contributed by atoms with Crippen LogP contribution in [0.4, 0.5) is 0 Å². The smallest absolute Gasteiger partial charge is 0.268 e. The second kappa shape index (κ2) is 8.75. The minimum atomic E-state index is -0.346. The zero-order valence-corrected chi connectivity index (χ0v) is 19.5. The fraction of sp³-hybridized carbons (Fsp3) is 0.364. The summed E-state index contributed by atoms with van der Waals surface area (Å²) in [6, 6.07) is 5.73. The van der Waals surface area contributed by atoms with Gasteiger partial charge in [0.1, 0.15) is 0 Å². The first kappa shape index (κ1) is 22.3. The van der Waals surface area contributed by atoms with Crippen LogP contribution in [0.3, 0.4) is 0 Å². The quantitative estimate of drug-likeness (QED) is 0.323. The Kier molecular flexibility index (Phi) is 6.50. The number of carbonyl (C=O) groups is 1. The van der Waals surface area contributed by atoms with Crippen LogP contribution < -0.4 is 11.4 Å². The third kappa shape index (κ3) is 4.21. The van der Waals surface area contributed by atoms with Crippen molar-refractivity contribution in [1.29, 1.82) is 0 Å². The summed E-state index contributed by atoms with van der Waals surface area (Å²) in [4.78, 5) is 28.4. The fourth-order valence-electron chi connectivity index (χ4n) is 3.88. The topological polar surface area (TPSA) is 93.3 Å². The number of benzene rings is 1. The Morgan fingerprint density at radius 2 is 1.97 bits per heavy atom. The molecule has 30 heavy (non-hydrogen) atoms. The van der Waals surface area contributed by atoms with Gasteiger partial charge in [-0.15, -0.1) is 0 Å². The number of rotatable bonds is 6. The first-order chi connectivity index (χ1) is 14.1. The van der Waals surface area contributed by atoms with Gasteiger partial charge in [0.15, 0.2) is 0 Å². The summed E-state index contributed by atoms with van der Waals surface area (Å²) in [5.74, 6) is 5.81. The highest BCUT2D eigenvalue weighted by Gasteiger charge is 2.22. The summed E-state index contributed by atoms with van der Waals surface area (Å²) in [5, 5.41) is 1.94. The molecule has 8 heteroatoms. The van der Waals surface area contributed by atoms with Gasteiger partial charge in [-0.2, -0.15) is 0 Å². The number of hydrazine groups is 1. The number of aromatic nitrogens is 2. The molecule has 0 aliphatic heterocycles. The molecule has 0 bridgehead atoms. The van der Waals surface area contributed by atoms with Crippen molar-refractivity contribution < 1.29 is 9.53 Å². The minimum Gasteiger partial charge on any atom is -0.383 e. The lowest BCUT2D eigenvalue weighted by molar-refractivity contribution is 0.0744. The molecule has 0 aliphatic rings. The largest absolute Gasteiger partial charge is 0.383 e. The maximum atomic E-state index is 13.3. The van der Waals surface area contributed by atoms with Crippen molar-refractivity contribution in [3.8, 4) is 0 Å². The third-order valence-electron chi connectivity index (χ3n) is 5.28. The van der Waals surface area contributed by atoms with Crippen molar-refractivity contribution in [1.82, 2.24) is 14.6 Å². The molecule has 3 rings (SSSR count). The lowest BCUT2D eigenvalue weighted by Crippen LogP contribution is -2.39. The molecular formula is C22H27BrN4O3. The Labute approximate surface area is 183 Å². The Balaban J connectivity index is 2.04. The van der Waals surface area contributed by atoms with E-state index in [0.717, 1.165) is 37.2 Å². The molecule has 0 radical (unpaired) electrons. The number of hydrogen-bond donors (Lipinski definition) is 2. The molecule has 0 spiro atoms. The summed E-state index contributed by atoms with van der Waals surface area (Å²) in [7, 11) is 1.67. The number of nitrogens with zero attached hydrogens (tertiary/aromatic N) is 2. The zero-order chi connectivity index (χ0) is 22.2. The number of nitrogens with one attached hydrogen (secondary N) is 1. The Hall–Kier alpha value is -2.42. The van der Waals surface area contributed by atoms with Crippen molar-refractivity contribution in [3.05, 3.63) is 67.2 Å². The Bertz CT molecular complexity index is 1170. The van der Waals surface area contributed by atoms with E-state index in [-0.39, 0.29) is 24.1 Å². The van der Waals surface area contributed by atoms with E-state index in [9.17, 15) is 9.59 Å². The fourth-order valence-corrected chi connectivity index (χ4v) is 4.33. The van der Waals surface area contributed by atoms with E-state index >= 15 is 0 Å². The van der Waals surface area contributed by atoms with E-state index in [2.05, 4.69) is 32.4 Å². The van der Waals surface area contributed by atoms with Gasteiger partial charge in [-0.1, -0.05) is 15.9 Å². The SMILES string of the molecule is COC[C@@H](C)n1cc(C)c2c(C(=O)N(N)Cc3c(C)cc(C)[nH]c3=O)cc(Br)cc21. The number of fused-ring (bicyclic) bond motifs is 1. The molecule has 1 aromatic carbocycles. The van der Waals surface area contributed by atoms with Gasteiger partial charge in [0.05, 0.1) is 30.3 Å². The van der Waals surface area contributed by atoms with Crippen LogP contribution in [0.1, 0.15) is 45.7 Å². The second-order valence-corrected chi connectivity index (χ2v) is 8.66. The molecule has 3 aromatic rings. The molecule has 1 atom stereocenters. The van der Waals surface area contributed by atoms with Crippen molar-refractivity contribution in [2.75, 3.05) is 13.7 Å². The van der Waals surface area contributed by atoms with Crippen LogP contribution in [-0.2, 0) is 11.3 Å². The third-order valence-corrected chi connectivity index (χ3v) is 5.74. The van der Waals surface area contributed by atoms with Crippen LogP contribution in [0, 0.1) is 20.8 Å². The number of carbonyl (C=O) groups excluding carboxylic acids is 1. The van der Waals surface area contributed by atoms with Gasteiger partial charge in [0, 0.05) is 34.4 Å². The van der Waals surface area contributed by atoms with Gasteiger partial charge in [0.2, 0.25) is 0 Å². The lowest BCUT2D eigenvalue weighted by atomic mass is 10.1. The molecule has 0 saturated heterocycles. The number of halogens is 1.